The summed E-state index contributed by atoms with van der Waals surface area (Å²) in [6.45, 7) is 4.04. The monoisotopic (exact) mass is 322 g/mol. The Bertz CT molecular complexity index is 435. The molecule has 22 heavy (non-hydrogen) atoms. The molecule has 10 heteroatoms. The first-order valence-electron chi connectivity index (χ1n) is 6.17. The highest BCUT2D eigenvalue weighted by Gasteiger charge is 2.38. The second-order valence-corrected chi connectivity index (χ2v) is 5.28. The molecule has 0 rings (SSSR count). The van der Waals surface area contributed by atoms with Crippen LogP contribution < -0.4 is 11.5 Å². The molecule has 0 heterocycles. The molecule has 0 saturated carbocycles. The van der Waals surface area contributed by atoms with Gasteiger partial charge in [0, 0.05) is 6.42 Å². The number of rotatable bonds is 7. The van der Waals surface area contributed by atoms with Crippen molar-refractivity contribution < 1.29 is 39.6 Å². The number of carbonyl (C=O) groups is 4. The van der Waals surface area contributed by atoms with Gasteiger partial charge in [0.25, 0.3) is 0 Å². The zero-order chi connectivity index (χ0) is 18.2. The lowest BCUT2D eigenvalue weighted by atomic mass is 9.85. The zero-order valence-electron chi connectivity index (χ0n) is 12.5. The van der Waals surface area contributed by atoms with Gasteiger partial charge in [-0.1, -0.05) is 6.92 Å². The number of carboxylic acids is 4. The Morgan fingerprint density at radius 2 is 1.36 bits per heavy atom. The SMILES string of the molecule is CC(C)(C(=O)O)[C@H](N)C(=O)O.CC(CC(=O)O)[C@H](N)C(=O)O. The van der Waals surface area contributed by atoms with Crippen LogP contribution in [0.15, 0.2) is 0 Å². The van der Waals surface area contributed by atoms with Crippen LogP contribution in [0.2, 0.25) is 0 Å². The van der Waals surface area contributed by atoms with Crippen LogP contribution in [0, 0.1) is 11.3 Å². The second kappa shape index (κ2) is 8.95. The maximum atomic E-state index is 10.4. The van der Waals surface area contributed by atoms with E-state index in [1.807, 2.05) is 0 Å². The van der Waals surface area contributed by atoms with Crippen molar-refractivity contribution >= 4 is 23.9 Å². The first-order valence-corrected chi connectivity index (χ1v) is 6.17. The van der Waals surface area contributed by atoms with E-state index in [4.69, 9.17) is 31.9 Å². The standard InChI is InChI=1S/2C6H11NO4/c1-6(2,5(10)11)3(7)4(8)9;1-3(2-4(8)9)5(7)6(10)11/h3H,7H2,1-2H3,(H,8,9)(H,10,11);3,5H,2,7H2,1H3,(H,8,9)(H,10,11)/t3-;3?,5-/m10/s1. The Hall–Kier alpha value is -2.20. The fourth-order valence-electron chi connectivity index (χ4n) is 1.09. The van der Waals surface area contributed by atoms with Crippen LogP contribution in [0.4, 0.5) is 0 Å². The summed E-state index contributed by atoms with van der Waals surface area (Å²) in [5.41, 5.74) is 8.84. The molecule has 0 aromatic rings. The van der Waals surface area contributed by atoms with Gasteiger partial charge in [0.1, 0.15) is 12.1 Å². The smallest absolute Gasteiger partial charge is 0.321 e. The third kappa shape index (κ3) is 7.55. The van der Waals surface area contributed by atoms with Crippen LogP contribution in [0.25, 0.3) is 0 Å². The average Bonchev–Trinajstić information content (AvgIpc) is 2.36. The highest BCUT2D eigenvalue weighted by Crippen LogP contribution is 2.19. The molecule has 1 unspecified atom stereocenters. The average molecular weight is 322 g/mol. The third-order valence-corrected chi connectivity index (χ3v) is 2.99. The van der Waals surface area contributed by atoms with E-state index in [1.165, 1.54) is 20.8 Å². The number of carboxylic acid groups (broad SMARTS) is 4. The molecule has 0 aromatic heterocycles. The maximum Gasteiger partial charge on any atom is 0.321 e. The first kappa shape index (κ1) is 22.1. The molecule has 0 fully saturated rings. The summed E-state index contributed by atoms with van der Waals surface area (Å²) in [6, 6.07) is -2.47. The number of hydrogen-bond donors (Lipinski definition) is 6. The number of hydrogen-bond acceptors (Lipinski definition) is 6. The minimum atomic E-state index is -1.42. The van der Waals surface area contributed by atoms with Gasteiger partial charge in [0.2, 0.25) is 0 Å². The molecule has 10 nitrogen and oxygen atoms in total. The van der Waals surface area contributed by atoms with Crippen LogP contribution >= 0.6 is 0 Å². The molecule has 3 atom stereocenters. The van der Waals surface area contributed by atoms with Crippen molar-refractivity contribution in [2.45, 2.75) is 39.3 Å². The van der Waals surface area contributed by atoms with Crippen LogP contribution in [-0.4, -0.2) is 56.4 Å². The minimum Gasteiger partial charge on any atom is -0.481 e. The van der Waals surface area contributed by atoms with E-state index < -0.39 is 47.3 Å². The molecule has 0 aliphatic rings. The largest absolute Gasteiger partial charge is 0.481 e. The summed E-state index contributed by atoms with van der Waals surface area (Å²) < 4.78 is 0. The molecule has 128 valence electrons. The van der Waals surface area contributed by atoms with Gasteiger partial charge in [-0.15, -0.1) is 0 Å². The van der Waals surface area contributed by atoms with Crippen molar-refractivity contribution in [3.05, 3.63) is 0 Å². The summed E-state index contributed by atoms with van der Waals surface area (Å²) in [4.78, 5) is 41.0. The van der Waals surface area contributed by atoms with E-state index in [0.29, 0.717) is 0 Å². The van der Waals surface area contributed by atoms with Crippen LogP contribution in [0.3, 0.4) is 0 Å². The number of aliphatic carboxylic acids is 4. The van der Waals surface area contributed by atoms with Crippen molar-refractivity contribution in [1.29, 1.82) is 0 Å². The molecule has 0 saturated heterocycles. The van der Waals surface area contributed by atoms with E-state index in [9.17, 15) is 19.2 Å². The Kier molecular flexibility index (Phi) is 8.98. The lowest BCUT2D eigenvalue weighted by Crippen LogP contribution is -2.48. The first-order chi connectivity index (χ1) is 9.74. The van der Waals surface area contributed by atoms with Crippen molar-refractivity contribution in [3.8, 4) is 0 Å². The Labute approximate surface area is 126 Å². The summed E-state index contributed by atoms with van der Waals surface area (Å²) in [5, 5.41) is 33.5. The molecule has 8 N–H and O–H groups in total. The van der Waals surface area contributed by atoms with Gasteiger partial charge < -0.3 is 31.9 Å². The predicted molar refractivity (Wildman–Crippen MR) is 74.1 cm³/mol. The van der Waals surface area contributed by atoms with Gasteiger partial charge in [0.15, 0.2) is 0 Å². The highest BCUT2D eigenvalue weighted by molar-refractivity contribution is 5.85. The van der Waals surface area contributed by atoms with Crippen molar-refractivity contribution in [1.82, 2.24) is 0 Å². The molecule has 0 aromatic carbocycles. The fourth-order valence-corrected chi connectivity index (χ4v) is 1.09. The van der Waals surface area contributed by atoms with Gasteiger partial charge in [-0.05, 0) is 19.8 Å². The van der Waals surface area contributed by atoms with Gasteiger partial charge in [-0.2, -0.15) is 0 Å². The van der Waals surface area contributed by atoms with E-state index >= 15 is 0 Å². The summed E-state index contributed by atoms with van der Waals surface area (Å²) in [6.07, 6.45) is -0.215. The normalized spacial score (nSPS) is 14.8. The summed E-state index contributed by atoms with van der Waals surface area (Å²) >= 11 is 0. The Balaban J connectivity index is 0. The molecule has 0 aliphatic carbocycles. The summed E-state index contributed by atoms with van der Waals surface area (Å²) in [5.74, 6) is -5.26. The Morgan fingerprint density at radius 3 is 1.55 bits per heavy atom. The van der Waals surface area contributed by atoms with Crippen molar-refractivity contribution in [3.63, 3.8) is 0 Å². The summed E-state index contributed by atoms with van der Waals surface area (Å²) in [7, 11) is 0. The lowest BCUT2D eigenvalue weighted by molar-refractivity contribution is -0.155. The second-order valence-electron chi connectivity index (χ2n) is 5.28. The van der Waals surface area contributed by atoms with Crippen LogP contribution in [-0.2, 0) is 19.2 Å². The molecular weight excluding hydrogens is 300 g/mol. The van der Waals surface area contributed by atoms with Crippen LogP contribution in [0.5, 0.6) is 0 Å². The zero-order valence-corrected chi connectivity index (χ0v) is 12.5. The minimum absolute atomic E-state index is 0.215. The van der Waals surface area contributed by atoms with Crippen LogP contribution in [0.1, 0.15) is 27.2 Å². The third-order valence-electron chi connectivity index (χ3n) is 2.99. The topological polar surface area (TPSA) is 201 Å². The van der Waals surface area contributed by atoms with Gasteiger partial charge in [0.05, 0.1) is 5.41 Å². The molecule has 0 radical (unpaired) electrons. The fraction of sp³-hybridized carbons (Fsp3) is 0.667. The van der Waals surface area contributed by atoms with E-state index in [1.54, 1.807) is 0 Å². The molecule has 0 aliphatic heterocycles. The Morgan fingerprint density at radius 1 is 0.955 bits per heavy atom. The van der Waals surface area contributed by atoms with Crippen molar-refractivity contribution in [2.75, 3.05) is 0 Å². The lowest BCUT2D eigenvalue weighted by Gasteiger charge is -2.22. The quantitative estimate of drug-likeness (QED) is 0.338. The van der Waals surface area contributed by atoms with Gasteiger partial charge in [-0.25, -0.2) is 0 Å². The van der Waals surface area contributed by atoms with Crippen molar-refractivity contribution in [2.24, 2.45) is 22.8 Å². The molecule has 0 amide bonds. The molecular formula is C12H22N2O8. The van der Waals surface area contributed by atoms with E-state index in [-0.39, 0.29) is 6.42 Å². The maximum absolute atomic E-state index is 10.4. The van der Waals surface area contributed by atoms with E-state index in [2.05, 4.69) is 0 Å². The predicted octanol–water partition coefficient (Wildman–Crippen LogP) is -0.982. The molecule has 0 spiro atoms. The number of nitrogens with two attached hydrogens (primary N) is 2. The van der Waals surface area contributed by atoms with E-state index in [0.717, 1.165) is 0 Å². The van der Waals surface area contributed by atoms with Gasteiger partial charge >= 0.3 is 23.9 Å². The van der Waals surface area contributed by atoms with Gasteiger partial charge in [-0.3, -0.25) is 19.2 Å². The highest BCUT2D eigenvalue weighted by atomic mass is 16.4. The molecule has 0 bridgehead atoms.